The zero-order valence-corrected chi connectivity index (χ0v) is 22.3. The van der Waals surface area contributed by atoms with Gasteiger partial charge in [-0.1, -0.05) is 50.2 Å². The number of aromatic nitrogens is 4. The molecule has 0 amide bonds. The Morgan fingerprint density at radius 2 is 1.84 bits per heavy atom. The van der Waals surface area contributed by atoms with Gasteiger partial charge < -0.3 is 20.7 Å². The molecule has 5 rings (SSSR count). The normalized spacial score (nSPS) is 12.5. The van der Waals surface area contributed by atoms with Gasteiger partial charge in [-0.15, -0.1) is 0 Å². The third-order valence-corrected chi connectivity index (χ3v) is 6.67. The maximum absolute atomic E-state index is 13.6. The molecule has 0 aliphatic heterocycles. The van der Waals surface area contributed by atoms with Gasteiger partial charge in [-0.2, -0.15) is 5.10 Å². The number of nitrogens with one attached hydrogen (secondary N) is 1. The molecule has 0 saturated heterocycles. The fraction of sp³-hybridized carbons (Fsp3) is 0.300. The van der Waals surface area contributed by atoms with Crippen LogP contribution in [0.1, 0.15) is 37.6 Å². The molecule has 0 aliphatic rings. The number of aliphatic hydroxyl groups excluding tert-OH is 1. The van der Waals surface area contributed by atoms with E-state index in [1.807, 2.05) is 55.5 Å². The number of benzene rings is 2. The van der Waals surface area contributed by atoms with Gasteiger partial charge in [0, 0.05) is 30.6 Å². The number of aliphatic hydroxyl groups is 1. The van der Waals surface area contributed by atoms with E-state index in [1.165, 1.54) is 4.68 Å². The summed E-state index contributed by atoms with van der Waals surface area (Å²) in [6.45, 7) is 6.61. The highest BCUT2D eigenvalue weighted by Gasteiger charge is 2.21. The third kappa shape index (κ3) is 4.92. The van der Waals surface area contributed by atoms with Crippen molar-refractivity contribution in [2.75, 3.05) is 5.32 Å². The van der Waals surface area contributed by atoms with Crippen LogP contribution in [0, 0.1) is 5.92 Å². The van der Waals surface area contributed by atoms with E-state index < -0.39 is 0 Å². The summed E-state index contributed by atoms with van der Waals surface area (Å²) in [6, 6.07) is 17.8. The Bertz CT molecular complexity index is 1680. The summed E-state index contributed by atoms with van der Waals surface area (Å²) in [4.78, 5) is 18.3. The van der Waals surface area contributed by atoms with Crippen LogP contribution in [0.25, 0.3) is 32.9 Å². The lowest BCUT2D eigenvalue weighted by Gasteiger charge is -2.16. The highest BCUT2D eigenvalue weighted by atomic mass is 16.3. The average Bonchev–Trinajstić information content (AvgIpc) is 3.26. The second-order valence-electron chi connectivity index (χ2n) is 10.3. The predicted octanol–water partition coefficient (Wildman–Crippen LogP) is 4.41. The highest BCUT2D eigenvalue weighted by molar-refractivity contribution is 5.97. The number of hydrogen-bond acceptors (Lipinski definition) is 6. The molecule has 0 radical (unpaired) electrons. The Morgan fingerprint density at radius 3 is 2.58 bits per heavy atom. The van der Waals surface area contributed by atoms with Gasteiger partial charge in [0.2, 0.25) is 0 Å². The first-order chi connectivity index (χ1) is 18.2. The number of nitrogens with zero attached hydrogens (tertiary/aromatic N) is 4. The van der Waals surface area contributed by atoms with Gasteiger partial charge in [-0.05, 0) is 54.2 Å². The van der Waals surface area contributed by atoms with E-state index in [0.717, 1.165) is 50.8 Å². The van der Waals surface area contributed by atoms with Crippen LogP contribution >= 0.6 is 0 Å². The molecule has 8 heteroatoms. The first kappa shape index (κ1) is 25.6. The van der Waals surface area contributed by atoms with Gasteiger partial charge in [-0.25, -0.2) is 9.67 Å². The molecular formula is C30H34N6O2. The van der Waals surface area contributed by atoms with E-state index in [-0.39, 0.29) is 18.3 Å². The molecule has 1 unspecified atom stereocenters. The minimum Gasteiger partial charge on any atom is -0.392 e. The van der Waals surface area contributed by atoms with Crippen molar-refractivity contribution in [2.45, 2.75) is 46.5 Å². The van der Waals surface area contributed by atoms with E-state index in [1.54, 1.807) is 7.05 Å². The minimum atomic E-state index is -0.254. The number of aryl methyl sites for hydroxylation is 1. The summed E-state index contributed by atoms with van der Waals surface area (Å²) < 4.78 is 3.57. The highest BCUT2D eigenvalue weighted by Crippen LogP contribution is 2.33. The van der Waals surface area contributed by atoms with E-state index in [4.69, 9.17) is 10.7 Å². The number of para-hydroxylation sites is 1. The molecule has 3 heterocycles. The van der Waals surface area contributed by atoms with Crippen LogP contribution < -0.4 is 16.6 Å². The van der Waals surface area contributed by atoms with Crippen LogP contribution in [-0.4, -0.2) is 30.6 Å². The first-order valence-corrected chi connectivity index (χ1v) is 12.9. The smallest absolute Gasteiger partial charge is 0.276 e. The monoisotopic (exact) mass is 510 g/mol. The molecule has 38 heavy (non-hydrogen) atoms. The van der Waals surface area contributed by atoms with Crippen molar-refractivity contribution >= 4 is 27.5 Å². The zero-order valence-electron chi connectivity index (χ0n) is 22.3. The Balaban J connectivity index is 1.79. The van der Waals surface area contributed by atoms with Gasteiger partial charge in [0.25, 0.3) is 5.56 Å². The van der Waals surface area contributed by atoms with Gasteiger partial charge in [-0.3, -0.25) is 4.79 Å². The number of rotatable bonds is 8. The molecule has 0 saturated carbocycles. The summed E-state index contributed by atoms with van der Waals surface area (Å²) >= 11 is 0. The Hall–Kier alpha value is -4.01. The third-order valence-electron chi connectivity index (χ3n) is 6.67. The van der Waals surface area contributed by atoms with Crippen molar-refractivity contribution in [3.8, 4) is 11.3 Å². The van der Waals surface area contributed by atoms with Gasteiger partial charge in [0.1, 0.15) is 5.82 Å². The standard InChI is InChI=1S/C30H34N6O2/c1-18(2)12-26-24-16-36(15-22-14-27(32-19(3)31)33-25-11-6-5-10-23(22)25)29(28(24)30(38)35(4)34-26)21-9-7-8-20(13-21)17-37/h5-11,13-14,16,18-19,37H,12,15,17,31H2,1-4H3,(H,32,33). The molecule has 2 aromatic carbocycles. The molecule has 0 fully saturated rings. The van der Waals surface area contributed by atoms with Crippen molar-refractivity contribution in [1.82, 2.24) is 19.3 Å². The zero-order chi connectivity index (χ0) is 27.0. The molecular weight excluding hydrogens is 476 g/mol. The maximum Gasteiger partial charge on any atom is 0.276 e. The predicted molar refractivity (Wildman–Crippen MR) is 153 cm³/mol. The number of fused-ring (bicyclic) bond motifs is 2. The minimum absolute atomic E-state index is 0.0774. The van der Waals surface area contributed by atoms with Gasteiger partial charge in [0.05, 0.1) is 35.1 Å². The Morgan fingerprint density at radius 1 is 1.05 bits per heavy atom. The average molecular weight is 511 g/mol. The molecule has 196 valence electrons. The van der Waals surface area contributed by atoms with E-state index in [0.29, 0.717) is 23.7 Å². The summed E-state index contributed by atoms with van der Waals surface area (Å²) in [5.41, 5.74) is 11.2. The quantitative estimate of drug-likeness (QED) is 0.267. The molecule has 4 N–H and O–H groups in total. The SMILES string of the molecule is CC(C)Cc1nn(C)c(=O)c2c(-c3cccc(CO)c3)n(Cc3cc(NC(C)N)nc4ccccc34)cc12. The number of pyridine rings is 1. The molecule has 8 nitrogen and oxygen atoms in total. The maximum atomic E-state index is 13.6. The lowest BCUT2D eigenvalue weighted by atomic mass is 10.0. The summed E-state index contributed by atoms with van der Waals surface area (Å²) in [5.74, 6) is 1.08. The van der Waals surface area contributed by atoms with Gasteiger partial charge in [0.15, 0.2) is 0 Å². The van der Waals surface area contributed by atoms with E-state index >= 15 is 0 Å². The van der Waals surface area contributed by atoms with Crippen molar-refractivity contribution in [1.29, 1.82) is 0 Å². The second-order valence-corrected chi connectivity index (χ2v) is 10.3. The van der Waals surface area contributed by atoms with Crippen LogP contribution in [0.15, 0.2) is 65.6 Å². The van der Waals surface area contributed by atoms with E-state index in [9.17, 15) is 9.90 Å². The van der Waals surface area contributed by atoms with E-state index in [2.05, 4.69) is 41.1 Å². The molecule has 5 aromatic rings. The summed E-state index contributed by atoms with van der Waals surface area (Å²) in [6.07, 6.45) is 2.55. The molecule has 0 bridgehead atoms. The number of hydrogen-bond donors (Lipinski definition) is 3. The largest absolute Gasteiger partial charge is 0.392 e. The lowest BCUT2D eigenvalue weighted by molar-refractivity contribution is 0.282. The Labute approximate surface area is 221 Å². The molecule has 0 aliphatic carbocycles. The molecule has 1 atom stereocenters. The fourth-order valence-electron chi connectivity index (χ4n) is 5.09. The van der Waals surface area contributed by atoms with Crippen LogP contribution in [0.5, 0.6) is 0 Å². The van der Waals surface area contributed by atoms with Crippen LogP contribution in [0.2, 0.25) is 0 Å². The molecule has 3 aromatic heterocycles. The van der Waals surface area contributed by atoms with Crippen LogP contribution in [-0.2, 0) is 26.6 Å². The van der Waals surface area contributed by atoms with Crippen molar-refractivity contribution in [3.63, 3.8) is 0 Å². The molecule has 0 spiro atoms. The second kappa shape index (κ2) is 10.4. The number of nitrogens with two attached hydrogens (primary N) is 1. The van der Waals surface area contributed by atoms with Crippen molar-refractivity contribution < 1.29 is 5.11 Å². The van der Waals surface area contributed by atoms with Gasteiger partial charge >= 0.3 is 0 Å². The summed E-state index contributed by atoms with van der Waals surface area (Å²) in [7, 11) is 1.71. The fourth-order valence-corrected chi connectivity index (χ4v) is 5.09. The topological polar surface area (TPSA) is 111 Å². The van der Waals surface area contributed by atoms with Crippen LogP contribution in [0.3, 0.4) is 0 Å². The van der Waals surface area contributed by atoms with Crippen molar-refractivity contribution in [3.05, 3.63) is 88.0 Å². The summed E-state index contributed by atoms with van der Waals surface area (Å²) in [5, 5.41) is 20.2. The van der Waals surface area contributed by atoms with Crippen LogP contribution in [0.4, 0.5) is 5.82 Å². The Kier molecular flexibility index (Phi) is 7.01. The number of anilines is 1. The lowest BCUT2D eigenvalue weighted by Crippen LogP contribution is -2.25. The van der Waals surface area contributed by atoms with Crippen molar-refractivity contribution in [2.24, 2.45) is 18.7 Å². The first-order valence-electron chi connectivity index (χ1n) is 12.9.